The Labute approximate surface area is 114 Å². The summed E-state index contributed by atoms with van der Waals surface area (Å²) in [5, 5.41) is 11.6. The molecule has 1 aromatic carbocycles. The van der Waals surface area contributed by atoms with E-state index in [1.165, 1.54) is 6.42 Å². The lowest BCUT2D eigenvalue weighted by molar-refractivity contribution is -0.121. The third-order valence-electron chi connectivity index (χ3n) is 3.81. The average Bonchev–Trinajstić information content (AvgIpc) is 2.41. The van der Waals surface area contributed by atoms with Crippen molar-refractivity contribution in [3.63, 3.8) is 0 Å². The zero-order chi connectivity index (χ0) is 13.7. The highest BCUT2D eigenvalue weighted by molar-refractivity contribution is 5.92. The molecule has 0 saturated heterocycles. The largest absolute Gasteiger partial charge is 0.326 e. The molecule has 0 spiro atoms. The Hall–Kier alpha value is -1.82. The van der Waals surface area contributed by atoms with Crippen molar-refractivity contribution >= 4 is 11.6 Å². The van der Waals surface area contributed by atoms with Crippen molar-refractivity contribution in [2.75, 3.05) is 5.32 Å². The predicted molar refractivity (Wildman–Crippen MR) is 75.5 cm³/mol. The Kier molecular flexibility index (Phi) is 4.57. The first kappa shape index (κ1) is 13.6. The van der Waals surface area contributed by atoms with Crippen LogP contribution in [0.25, 0.3) is 0 Å². The van der Waals surface area contributed by atoms with Gasteiger partial charge in [0.25, 0.3) is 0 Å². The van der Waals surface area contributed by atoms with Crippen LogP contribution in [0.3, 0.4) is 0 Å². The van der Waals surface area contributed by atoms with Gasteiger partial charge < -0.3 is 5.32 Å². The number of amides is 1. The SMILES string of the molecule is CC1CCCC(C(=O)Nc2ccc(CC#N)cc2)C1. The lowest BCUT2D eigenvalue weighted by atomic mass is 9.82. The molecule has 0 bridgehead atoms. The van der Waals surface area contributed by atoms with Crippen LogP contribution < -0.4 is 5.32 Å². The van der Waals surface area contributed by atoms with Crippen molar-refractivity contribution in [3.05, 3.63) is 29.8 Å². The normalized spacial score (nSPS) is 22.5. The van der Waals surface area contributed by atoms with E-state index in [4.69, 9.17) is 5.26 Å². The monoisotopic (exact) mass is 256 g/mol. The van der Waals surface area contributed by atoms with Gasteiger partial charge in [0.2, 0.25) is 5.91 Å². The van der Waals surface area contributed by atoms with E-state index in [0.29, 0.717) is 12.3 Å². The molecular weight excluding hydrogens is 236 g/mol. The molecule has 3 heteroatoms. The summed E-state index contributed by atoms with van der Waals surface area (Å²) in [6, 6.07) is 9.64. The number of hydrogen-bond acceptors (Lipinski definition) is 2. The van der Waals surface area contributed by atoms with Crippen LogP contribution in [0.4, 0.5) is 5.69 Å². The van der Waals surface area contributed by atoms with Crippen LogP contribution in [-0.4, -0.2) is 5.91 Å². The number of nitrogens with zero attached hydrogens (tertiary/aromatic N) is 1. The van der Waals surface area contributed by atoms with Crippen molar-refractivity contribution in [1.82, 2.24) is 0 Å². The molecule has 0 aromatic heterocycles. The molecule has 1 N–H and O–H groups in total. The quantitative estimate of drug-likeness (QED) is 0.899. The fourth-order valence-corrected chi connectivity index (χ4v) is 2.71. The van der Waals surface area contributed by atoms with Crippen molar-refractivity contribution in [2.24, 2.45) is 11.8 Å². The molecule has 0 heterocycles. The van der Waals surface area contributed by atoms with Crippen molar-refractivity contribution in [2.45, 2.75) is 39.0 Å². The molecule has 1 amide bonds. The zero-order valence-electron chi connectivity index (χ0n) is 11.4. The fraction of sp³-hybridized carbons (Fsp3) is 0.500. The minimum atomic E-state index is 0.139. The van der Waals surface area contributed by atoms with E-state index < -0.39 is 0 Å². The molecule has 2 rings (SSSR count). The molecule has 2 unspecified atom stereocenters. The number of carbonyl (C=O) groups excluding carboxylic acids is 1. The molecule has 0 aliphatic heterocycles. The summed E-state index contributed by atoms with van der Waals surface area (Å²) in [6.45, 7) is 2.22. The first-order valence-corrected chi connectivity index (χ1v) is 6.96. The highest BCUT2D eigenvalue weighted by Crippen LogP contribution is 2.29. The molecule has 1 aliphatic rings. The lowest BCUT2D eigenvalue weighted by Crippen LogP contribution is -2.27. The van der Waals surface area contributed by atoms with Gasteiger partial charge in [-0.1, -0.05) is 31.9 Å². The van der Waals surface area contributed by atoms with Gasteiger partial charge in [-0.2, -0.15) is 5.26 Å². The molecule has 1 fully saturated rings. The number of carbonyl (C=O) groups is 1. The number of nitriles is 1. The summed E-state index contributed by atoms with van der Waals surface area (Å²) in [6.07, 6.45) is 4.81. The molecule has 19 heavy (non-hydrogen) atoms. The molecule has 0 radical (unpaired) electrons. The van der Waals surface area contributed by atoms with E-state index in [1.54, 1.807) is 0 Å². The Morgan fingerprint density at radius 3 is 2.74 bits per heavy atom. The topological polar surface area (TPSA) is 52.9 Å². The van der Waals surface area contributed by atoms with E-state index in [9.17, 15) is 4.79 Å². The summed E-state index contributed by atoms with van der Waals surface area (Å²) >= 11 is 0. The molecule has 1 aromatic rings. The highest BCUT2D eigenvalue weighted by Gasteiger charge is 2.24. The number of nitrogens with one attached hydrogen (secondary N) is 1. The summed E-state index contributed by atoms with van der Waals surface area (Å²) < 4.78 is 0. The second-order valence-electron chi connectivity index (χ2n) is 5.49. The van der Waals surface area contributed by atoms with E-state index >= 15 is 0 Å². The summed E-state index contributed by atoms with van der Waals surface area (Å²) in [5.74, 6) is 0.949. The van der Waals surface area contributed by atoms with Crippen molar-refractivity contribution in [1.29, 1.82) is 5.26 Å². The number of rotatable bonds is 3. The molecule has 1 aliphatic carbocycles. The van der Waals surface area contributed by atoms with Gasteiger partial charge in [-0.25, -0.2) is 0 Å². The summed E-state index contributed by atoms with van der Waals surface area (Å²) in [5.41, 5.74) is 1.80. The van der Waals surface area contributed by atoms with E-state index in [-0.39, 0.29) is 11.8 Å². The minimum absolute atomic E-state index is 0.139. The Balaban J connectivity index is 1.93. The third-order valence-corrected chi connectivity index (χ3v) is 3.81. The van der Waals surface area contributed by atoms with E-state index in [2.05, 4.69) is 18.3 Å². The molecule has 1 saturated carbocycles. The van der Waals surface area contributed by atoms with Crippen LogP contribution in [0.2, 0.25) is 0 Å². The van der Waals surface area contributed by atoms with Gasteiger partial charge in [0.1, 0.15) is 0 Å². The van der Waals surface area contributed by atoms with Crippen LogP contribution in [0.5, 0.6) is 0 Å². The van der Waals surface area contributed by atoms with E-state index in [1.807, 2.05) is 24.3 Å². The van der Waals surface area contributed by atoms with Gasteiger partial charge in [0.15, 0.2) is 0 Å². The van der Waals surface area contributed by atoms with Gasteiger partial charge in [0.05, 0.1) is 12.5 Å². The van der Waals surface area contributed by atoms with Crippen molar-refractivity contribution < 1.29 is 4.79 Å². The summed E-state index contributed by atoms with van der Waals surface area (Å²) in [7, 11) is 0. The standard InChI is InChI=1S/C16H20N2O/c1-12-3-2-4-14(11-12)16(19)18-15-7-5-13(6-8-15)9-10-17/h5-8,12,14H,2-4,9,11H2,1H3,(H,18,19). The van der Waals surface area contributed by atoms with Gasteiger partial charge in [-0.3, -0.25) is 4.79 Å². The number of benzene rings is 1. The van der Waals surface area contributed by atoms with Crippen LogP contribution in [0.15, 0.2) is 24.3 Å². The van der Waals surface area contributed by atoms with Crippen LogP contribution in [0, 0.1) is 23.2 Å². The lowest BCUT2D eigenvalue weighted by Gasteiger charge is -2.25. The van der Waals surface area contributed by atoms with Crippen LogP contribution in [0.1, 0.15) is 38.2 Å². The zero-order valence-corrected chi connectivity index (χ0v) is 11.4. The van der Waals surface area contributed by atoms with Gasteiger partial charge >= 0.3 is 0 Å². The van der Waals surface area contributed by atoms with Crippen LogP contribution in [-0.2, 0) is 11.2 Å². The Morgan fingerprint density at radius 1 is 1.37 bits per heavy atom. The number of hydrogen-bond donors (Lipinski definition) is 1. The van der Waals surface area contributed by atoms with Crippen LogP contribution >= 0.6 is 0 Å². The molecule has 100 valence electrons. The third kappa shape index (κ3) is 3.82. The predicted octanol–water partition coefficient (Wildman–Crippen LogP) is 3.52. The Morgan fingerprint density at radius 2 is 2.11 bits per heavy atom. The average molecular weight is 256 g/mol. The summed E-state index contributed by atoms with van der Waals surface area (Å²) in [4.78, 5) is 12.2. The fourth-order valence-electron chi connectivity index (χ4n) is 2.71. The highest BCUT2D eigenvalue weighted by atomic mass is 16.1. The van der Waals surface area contributed by atoms with Gasteiger partial charge in [-0.15, -0.1) is 0 Å². The maximum absolute atomic E-state index is 12.2. The molecule has 2 atom stereocenters. The minimum Gasteiger partial charge on any atom is -0.326 e. The first-order chi connectivity index (χ1) is 9.19. The Bertz CT molecular complexity index is 473. The smallest absolute Gasteiger partial charge is 0.227 e. The maximum Gasteiger partial charge on any atom is 0.227 e. The first-order valence-electron chi connectivity index (χ1n) is 6.96. The maximum atomic E-state index is 12.2. The molecular formula is C16H20N2O. The second-order valence-corrected chi connectivity index (χ2v) is 5.49. The van der Waals surface area contributed by atoms with Crippen molar-refractivity contribution in [3.8, 4) is 6.07 Å². The van der Waals surface area contributed by atoms with Gasteiger partial charge in [0, 0.05) is 11.6 Å². The van der Waals surface area contributed by atoms with Gasteiger partial charge in [-0.05, 0) is 36.5 Å². The second kappa shape index (κ2) is 6.38. The van der Waals surface area contributed by atoms with E-state index in [0.717, 1.165) is 30.5 Å². The molecule has 3 nitrogen and oxygen atoms in total. The number of anilines is 1.